The van der Waals surface area contributed by atoms with E-state index in [9.17, 15) is 19.2 Å². The molecule has 4 unspecified atom stereocenters. The number of nitrogens with one attached hydrogen (secondary N) is 4. The third kappa shape index (κ3) is 4.25. The van der Waals surface area contributed by atoms with Crippen LogP contribution in [-0.2, 0) is 9.59 Å². The van der Waals surface area contributed by atoms with Crippen LogP contribution in [0.3, 0.4) is 0 Å². The molecule has 0 aromatic heterocycles. The number of carbonyl (C=O) groups excluding carboxylic acids is 4. The van der Waals surface area contributed by atoms with Crippen LogP contribution in [-0.4, -0.2) is 47.2 Å². The summed E-state index contributed by atoms with van der Waals surface area (Å²) in [4.78, 5) is 50.0. The summed E-state index contributed by atoms with van der Waals surface area (Å²) in [5.41, 5.74) is 14.1. The van der Waals surface area contributed by atoms with E-state index in [1.807, 2.05) is 0 Å². The highest BCUT2D eigenvalue weighted by Gasteiger charge is 2.35. The molecule has 2 aromatic rings. The summed E-state index contributed by atoms with van der Waals surface area (Å²) in [5.74, 6) is -0.711. The maximum Gasteiger partial charge on any atom is 0.249 e. The van der Waals surface area contributed by atoms with E-state index in [1.165, 1.54) is 23.5 Å². The number of amides is 4. The second-order valence-corrected chi connectivity index (χ2v) is 10.5. The highest BCUT2D eigenvalue weighted by Crippen LogP contribution is 2.38. The molecule has 4 atom stereocenters. The lowest BCUT2D eigenvalue weighted by Crippen LogP contribution is -2.39. The summed E-state index contributed by atoms with van der Waals surface area (Å²) in [6.45, 7) is 0. The van der Waals surface area contributed by atoms with Crippen molar-refractivity contribution < 1.29 is 19.2 Å². The van der Waals surface area contributed by atoms with Gasteiger partial charge in [0.1, 0.15) is 0 Å². The number of primary amides is 2. The van der Waals surface area contributed by atoms with Crippen LogP contribution in [0.2, 0.25) is 0 Å². The zero-order valence-corrected chi connectivity index (χ0v) is 19.4. The Morgan fingerprint density at radius 1 is 0.735 bits per heavy atom. The molecular formula is C22H22N6O4S2. The van der Waals surface area contributed by atoms with E-state index >= 15 is 0 Å². The van der Waals surface area contributed by atoms with Crippen LogP contribution >= 0.6 is 23.5 Å². The molecule has 3 heterocycles. The molecule has 0 spiro atoms. The molecule has 2 fully saturated rings. The minimum Gasteiger partial charge on any atom is -0.366 e. The van der Waals surface area contributed by atoms with Crippen LogP contribution in [0.1, 0.15) is 42.6 Å². The quantitative estimate of drug-likeness (QED) is 0.355. The van der Waals surface area contributed by atoms with Crippen molar-refractivity contribution in [3.05, 3.63) is 58.7 Å². The van der Waals surface area contributed by atoms with Crippen LogP contribution in [0.25, 0.3) is 0 Å². The number of nitrogens with two attached hydrogens (primary N) is 2. The Balaban J connectivity index is 1.55. The lowest BCUT2D eigenvalue weighted by Gasteiger charge is -2.20. The highest BCUT2D eigenvalue weighted by atomic mass is 32.2. The predicted molar refractivity (Wildman–Crippen MR) is 131 cm³/mol. The van der Waals surface area contributed by atoms with E-state index in [-0.39, 0.29) is 22.6 Å². The number of fused-ring (bicyclic) bond motifs is 10. The topological polar surface area (TPSA) is 168 Å². The third-order valence-electron chi connectivity index (χ3n) is 5.93. The fraction of sp³-hybridized carbons (Fsp3) is 0.273. The summed E-state index contributed by atoms with van der Waals surface area (Å²) in [7, 11) is 0. The first-order valence-corrected chi connectivity index (χ1v) is 12.6. The van der Waals surface area contributed by atoms with E-state index in [1.54, 1.807) is 36.4 Å². The van der Waals surface area contributed by atoms with Crippen LogP contribution in [0, 0.1) is 0 Å². The molecule has 0 radical (unpaired) electrons. The molecule has 3 aliphatic rings. The van der Waals surface area contributed by atoms with Crippen molar-refractivity contribution >= 4 is 58.5 Å². The van der Waals surface area contributed by atoms with Crippen molar-refractivity contribution in [1.29, 1.82) is 0 Å². The van der Waals surface area contributed by atoms with Gasteiger partial charge in [-0.15, -0.1) is 23.5 Å². The van der Waals surface area contributed by atoms with Crippen molar-refractivity contribution in [2.24, 2.45) is 11.5 Å². The van der Waals surface area contributed by atoms with E-state index in [4.69, 9.17) is 11.5 Å². The van der Waals surface area contributed by atoms with E-state index < -0.39 is 23.9 Å². The molecule has 0 saturated carbocycles. The summed E-state index contributed by atoms with van der Waals surface area (Å²) in [5, 5.41) is 11.6. The van der Waals surface area contributed by atoms with Gasteiger partial charge in [0.05, 0.1) is 22.8 Å². The number of hydrogen-bond donors (Lipinski definition) is 6. The molecule has 176 valence electrons. The van der Waals surface area contributed by atoms with Crippen LogP contribution in [0.4, 0.5) is 11.4 Å². The molecule has 8 N–H and O–H groups in total. The van der Waals surface area contributed by atoms with Gasteiger partial charge in [0.25, 0.3) is 0 Å². The second-order valence-electron chi connectivity index (χ2n) is 8.18. The number of benzene rings is 2. The fourth-order valence-electron chi connectivity index (χ4n) is 4.23. The Bertz CT molecular complexity index is 1130. The first-order chi connectivity index (χ1) is 16.3. The Morgan fingerprint density at radius 3 is 1.53 bits per heavy atom. The van der Waals surface area contributed by atoms with Crippen LogP contribution in [0.5, 0.6) is 0 Å². The predicted octanol–water partition coefficient (Wildman–Crippen LogP) is 0.882. The normalized spacial score (nSPS) is 26.0. The first kappa shape index (κ1) is 22.7. The molecule has 0 aliphatic carbocycles. The molecule has 10 nitrogen and oxygen atoms in total. The van der Waals surface area contributed by atoms with Crippen LogP contribution in [0.15, 0.2) is 36.4 Å². The summed E-state index contributed by atoms with van der Waals surface area (Å²) in [6, 6.07) is 8.79. The summed E-state index contributed by atoms with van der Waals surface area (Å²) < 4.78 is 0. The number of rotatable bonds is 2. The largest absolute Gasteiger partial charge is 0.366 e. The molecule has 4 amide bonds. The van der Waals surface area contributed by atoms with Gasteiger partial charge in [0.2, 0.25) is 23.6 Å². The molecule has 2 aromatic carbocycles. The van der Waals surface area contributed by atoms with Crippen molar-refractivity contribution in [3.8, 4) is 0 Å². The number of carbonyl (C=O) groups is 4. The molecule has 5 rings (SSSR count). The maximum absolute atomic E-state index is 13.0. The minimum absolute atomic E-state index is 0.241. The fourth-order valence-corrected chi connectivity index (χ4v) is 6.76. The number of hydrogen-bond acceptors (Lipinski definition) is 8. The van der Waals surface area contributed by atoms with Crippen molar-refractivity contribution in [1.82, 2.24) is 10.6 Å². The summed E-state index contributed by atoms with van der Waals surface area (Å²) >= 11 is 2.94. The second kappa shape index (κ2) is 8.95. The van der Waals surface area contributed by atoms with Crippen molar-refractivity contribution in [2.45, 2.75) is 22.8 Å². The zero-order valence-electron chi connectivity index (χ0n) is 17.8. The third-order valence-corrected chi connectivity index (χ3v) is 8.43. The molecule has 34 heavy (non-hydrogen) atoms. The van der Waals surface area contributed by atoms with E-state index in [0.29, 0.717) is 45.1 Å². The molecule has 12 heteroatoms. The van der Waals surface area contributed by atoms with Gasteiger partial charge >= 0.3 is 0 Å². The van der Waals surface area contributed by atoms with Crippen molar-refractivity contribution in [3.63, 3.8) is 0 Å². The lowest BCUT2D eigenvalue weighted by atomic mass is 10.0. The van der Waals surface area contributed by atoms with Gasteiger partial charge < -0.3 is 22.1 Å². The van der Waals surface area contributed by atoms with Gasteiger partial charge in [-0.2, -0.15) is 0 Å². The maximum atomic E-state index is 13.0. The Kier molecular flexibility index (Phi) is 5.98. The van der Waals surface area contributed by atoms with E-state index in [0.717, 1.165) is 0 Å². The van der Waals surface area contributed by atoms with Gasteiger partial charge in [-0.1, -0.05) is 0 Å². The minimum atomic E-state index is -0.587. The lowest BCUT2D eigenvalue weighted by molar-refractivity contribution is -0.118. The van der Waals surface area contributed by atoms with Gasteiger partial charge in [-0.25, -0.2) is 0 Å². The molecule has 8 bridgehead atoms. The van der Waals surface area contributed by atoms with Gasteiger partial charge in [-0.3, -0.25) is 29.8 Å². The average Bonchev–Trinajstić information content (AvgIpc) is 3.48. The zero-order chi connectivity index (χ0) is 24.0. The van der Waals surface area contributed by atoms with Gasteiger partial charge in [0.15, 0.2) is 0 Å². The Morgan fingerprint density at radius 2 is 1.15 bits per heavy atom. The summed E-state index contributed by atoms with van der Waals surface area (Å²) in [6.07, 6.45) is 0. The van der Waals surface area contributed by atoms with Gasteiger partial charge in [0, 0.05) is 34.0 Å². The van der Waals surface area contributed by atoms with Gasteiger partial charge in [-0.05, 0) is 47.5 Å². The first-order valence-electron chi connectivity index (χ1n) is 10.5. The van der Waals surface area contributed by atoms with Crippen molar-refractivity contribution in [2.75, 3.05) is 22.1 Å². The smallest absolute Gasteiger partial charge is 0.249 e. The standard InChI is InChI=1S/C22H22N6O4S2/c23-17(29)11-3-1-9-5-13(11)21-28-16(8-33-21)20(32)26-10-2-4-12(18(24)30)14(6-10)22-27-15(7-34-22)19(31)25-9/h1-6,15-16,21-22,27-28H,7-8H2,(H2,23,29)(H2,24,30)(H,25,31)(H,26,32). The monoisotopic (exact) mass is 498 g/mol. The molecule has 3 aliphatic heterocycles. The Hall–Kier alpha value is -3.06. The SMILES string of the molecule is NC(=O)c1ccc2cc1C1NC(CS1)C(=O)Nc1ccc(C(N)=O)c(c1)C1NC(CS1)C(=O)N2. The number of thioether (sulfide) groups is 2. The highest BCUT2D eigenvalue weighted by molar-refractivity contribution is 8.00. The van der Waals surface area contributed by atoms with E-state index in [2.05, 4.69) is 21.3 Å². The van der Waals surface area contributed by atoms with Crippen LogP contribution < -0.4 is 32.7 Å². The molecular weight excluding hydrogens is 476 g/mol. The number of anilines is 2. The average molecular weight is 499 g/mol. The Labute approximate surface area is 203 Å². The molecule has 2 saturated heterocycles.